The molecule has 5 heteroatoms. The summed E-state index contributed by atoms with van der Waals surface area (Å²) in [7, 11) is 3.09. The fraction of sp³-hybridized carbons (Fsp3) is 0.222. The monoisotopic (exact) mass is 236 g/mol. The summed E-state index contributed by atoms with van der Waals surface area (Å²) in [5.74, 6) is -0.161. The van der Waals surface area contributed by atoms with Gasteiger partial charge in [-0.15, -0.1) is 0 Å². The molecule has 0 amide bonds. The van der Waals surface area contributed by atoms with E-state index in [0.717, 1.165) is 10.6 Å². The molecule has 0 aliphatic carbocycles. The number of carbonyl (C=O) groups is 1. The van der Waals surface area contributed by atoms with Crippen molar-refractivity contribution in [3.63, 3.8) is 0 Å². The van der Waals surface area contributed by atoms with Crippen molar-refractivity contribution in [1.82, 2.24) is 0 Å². The summed E-state index contributed by atoms with van der Waals surface area (Å²) < 4.78 is 0. The van der Waals surface area contributed by atoms with Crippen LogP contribution < -0.4 is 34.7 Å². The Bertz CT molecular complexity index is 305. The standard InChI is InChI=1S/C9H10O2S2.Na/c1-2-12-13-8-6-4-3-5-7(8)9(10)11;/h3-6H,2H2,1H3,(H,10,11);/q;+1/p-1. The molecule has 0 unspecified atom stereocenters. The molecule has 14 heavy (non-hydrogen) atoms. The minimum atomic E-state index is -1.11. The molecule has 0 saturated carbocycles. The molecule has 1 aromatic carbocycles. The molecular formula is C9H9NaO2S2. The van der Waals surface area contributed by atoms with Gasteiger partial charge in [-0.2, -0.15) is 0 Å². The molecule has 1 rings (SSSR count). The number of carboxylic acid groups (broad SMARTS) is 1. The number of benzene rings is 1. The van der Waals surface area contributed by atoms with Crippen molar-refractivity contribution in [1.29, 1.82) is 0 Å². The Labute approximate surface area is 114 Å². The zero-order chi connectivity index (χ0) is 9.68. The number of carbonyl (C=O) groups excluding carboxylic acids is 1. The first kappa shape index (κ1) is 14.4. The first-order valence-electron chi connectivity index (χ1n) is 3.85. The van der Waals surface area contributed by atoms with Crippen LogP contribution in [0.15, 0.2) is 29.2 Å². The van der Waals surface area contributed by atoms with Gasteiger partial charge in [-0.25, -0.2) is 0 Å². The summed E-state index contributed by atoms with van der Waals surface area (Å²) in [5, 5.41) is 10.7. The first-order valence-corrected chi connectivity index (χ1v) is 6.17. The predicted molar refractivity (Wildman–Crippen MR) is 54.8 cm³/mol. The van der Waals surface area contributed by atoms with Gasteiger partial charge in [0.15, 0.2) is 0 Å². The van der Waals surface area contributed by atoms with Crippen LogP contribution in [0.2, 0.25) is 0 Å². The van der Waals surface area contributed by atoms with E-state index >= 15 is 0 Å². The summed E-state index contributed by atoms with van der Waals surface area (Å²) in [6, 6.07) is 6.88. The fourth-order valence-corrected chi connectivity index (χ4v) is 2.62. The molecule has 0 N–H and O–H groups in total. The van der Waals surface area contributed by atoms with Crippen molar-refractivity contribution < 1.29 is 39.5 Å². The van der Waals surface area contributed by atoms with Gasteiger partial charge in [-0.1, -0.05) is 46.7 Å². The van der Waals surface area contributed by atoms with Crippen LogP contribution in [-0.2, 0) is 0 Å². The predicted octanol–water partition coefficient (Wildman–Crippen LogP) is -1.19. The van der Waals surface area contributed by atoms with Crippen LogP contribution in [0.1, 0.15) is 17.3 Å². The zero-order valence-electron chi connectivity index (χ0n) is 8.15. The van der Waals surface area contributed by atoms with Crippen molar-refractivity contribution in [2.75, 3.05) is 5.75 Å². The summed E-state index contributed by atoms with van der Waals surface area (Å²) in [6.07, 6.45) is 0. The number of hydrogen-bond donors (Lipinski definition) is 0. The number of aromatic carboxylic acids is 1. The molecule has 0 aromatic heterocycles. The van der Waals surface area contributed by atoms with Gasteiger partial charge in [-0.3, -0.25) is 0 Å². The molecule has 0 bridgehead atoms. The number of hydrogen-bond acceptors (Lipinski definition) is 4. The molecule has 0 radical (unpaired) electrons. The summed E-state index contributed by atoms with van der Waals surface area (Å²) in [4.78, 5) is 11.4. The van der Waals surface area contributed by atoms with E-state index in [1.54, 1.807) is 29.0 Å². The third-order valence-electron chi connectivity index (χ3n) is 1.37. The topological polar surface area (TPSA) is 40.1 Å². The molecule has 0 fully saturated rings. The van der Waals surface area contributed by atoms with Gasteiger partial charge in [0.2, 0.25) is 0 Å². The molecule has 0 heterocycles. The minimum absolute atomic E-state index is 0. The first-order chi connectivity index (χ1) is 6.25. The zero-order valence-corrected chi connectivity index (χ0v) is 11.8. The van der Waals surface area contributed by atoms with E-state index in [9.17, 15) is 9.90 Å². The van der Waals surface area contributed by atoms with Gasteiger partial charge < -0.3 is 9.90 Å². The van der Waals surface area contributed by atoms with Gasteiger partial charge in [0, 0.05) is 16.2 Å². The smallest absolute Gasteiger partial charge is 0.545 e. The molecule has 0 spiro atoms. The van der Waals surface area contributed by atoms with Crippen LogP contribution >= 0.6 is 21.6 Å². The quantitative estimate of drug-likeness (QED) is 0.487. The van der Waals surface area contributed by atoms with E-state index in [1.807, 2.05) is 13.0 Å². The maximum atomic E-state index is 10.7. The van der Waals surface area contributed by atoms with E-state index in [4.69, 9.17) is 0 Å². The molecule has 1 aromatic rings. The van der Waals surface area contributed by atoms with Crippen molar-refractivity contribution in [2.45, 2.75) is 11.8 Å². The normalized spacial score (nSPS) is 9.21. The van der Waals surface area contributed by atoms with E-state index in [1.165, 1.54) is 10.8 Å². The van der Waals surface area contributed by atoms with Crippen LogP contribution in [-0.4, -0.2) is 11.7 Å². The molecule has 70 valence electrons. The van der Waals surface area contributed by atoms with E-state index in [2.05, 4.69) is 0 Å². The van der Waals surface area contributed by atoms with Crippen LogP contribution in [0.4, 0.5) is 0 Å². The van der Waals surface area contributed by atoms with Crippen LogP contribution in [0.3, 0.4) is 0 Å². The fourth-order valence-electron chi connectivity index (χ4n) is 0.830. The van der Waals surface area contributed by atoms with Gasteiger partial charge in [-0.05, 0) is 6.07 Å². The number of rotatable bonds is 4. The van der Waals surface area contributed by atoms with Gasteiger partial charge in [0.1, 0.15) is 0 Å². The second-order valence-electron chi connectivity index (χ2n) is 2.27. The largest absolute Gasteiger partial charge is 1.00 e. The Kier molecular flexibility index (Phi) is 7.86. The molecule has 0 atom stereocenters. The van der Waals surface area contributed by atoms with Crippen molar-refractivity contribution in [2.24, 2.45) is 0 Å². The Morgan fingerprint density at radius 1 is 1.43 bits per heavy atom. The Hall–Kier alpha value is 0.390. The summed E-state index contributed by atoms with van der Waals surface area (Å²) in [5.41, 5.74) is 0.272. The maximum Gasteiger partial charge on any atom is 1.00 e. The SMILES string of the molecule is CCSSc1ccccc1C(=O)[O-].[Na+]. The van der Waals surface area contributed by atoms with Gasteiger partial charge in [0.25, 0.3) is 0 Å². The third-order valence-corrected chi connectivity index (χ3v) is 3.86. The van der Waals surface area contributed by atoms with E-state index in [0.29, 0.717) is 0 Å². The molecule has 0 aliphatic heterocycles. The summed E-state index contributed by atoms with van der Waals surface area (Å²) in [6.45, 7) is 2.03. The summed E-state index contributed by atoms with van der Waals surface area (Å²) >= 11 is 0. The van der Waals surface area contributed by atoms with Crippen LogP contribution in [0.5, 0.6) is 0 Å². The Morgan fingerprint density at radius 2 is 2.07 bits per heavy atom. The molecule has 0 saturated heterocycles. The number of carboxylic acids is 1. The third kappa shape index (κ3) is 4.28. The maximum absolute atomic E-state index is 10.7. The van der Waals surface area contributed by atoms with Crippen molar-refractivity contribution in [3.05, 3.63) is 29.8 Å². The van der Waals surface area contributed by atoms with Crippen molar-refractivity contribution >= 4 is 27.6 Å². The van der Waals surface area contributed by atoms with E-state index < -0.39 is 5.97 Å². The average molecular weight is 236 g/mol. The Morgan fingerprint density at radius 3 is 2.64 bits per heavy atom. The van der Waals surface area contributed by atoms with Crippen LogP contribution in [0, 0.1) is 0 Å². The second-order valence-corrected chi connectivity index (χ2v) is 4.90. The van der Waals surface area contributed by atoms with Crippen molar-refractivity contribution in [3.8, 4) is 0 Å². The van der Waals surface area contributed by atoms with E-state index in [-0.39, 0.29) is 35.1 Å². The molecular weight excluding hydrogens is 227 g/mol. The van der Waals surface area contributed by atoms with Crippen LogP contribution in [0.25, 0.3) is 0 Å². The minimum Gasteiger partial charge on any atom is -0.545 e. The molecule has 2 nitrogen and oxygen atoms in total. The van der Waals surface area contributed by atoms with Gasteiger partial charge in [0.05, 0.1) is 5.97 Å². The average Bonchev–Trinajstić information content (AvgIpc) is 2.15. The molecule has 0 aliphatic rings. The Balaban J connectivity index is 0.00000169. The van der Waals surface area contributed by atoms with Gasteiger partial charge >= 0.3 is 29.6 Å². The second kappa shape index (κ2) is 7.65.